The Morgan fingerprint density at radius 1 is 1.06 bits per heavy atom. The number of aromatic nitrogens is 2. The molecule has 1 atom stereocenters. The Kier molecular flexibility index (Phi) is 5.94. The van der Waals surface area contributed by atoms with Crippen molar-refractivity contribution in [2.24, 2.45) is 0 Å². The van der Waals surface area contributed by atoms with Gasteiger partial charge in [-0.1, -0.05) is 24.8 Å². The van der Waals surface area contributed by atoms with Crippen LogP contribution in [0.25, 0.3) is 10.2 Å². The van der Waals surface area contributed by atoms with Gasteiger partial charge in [0.25, 0.3) is 5.56 Å². The average molecular weight is 524 g/mol. The standard InChI is InChI=1S/C25H21N3O6S2/c1-2-21(23(29)26-15-4-6-18-20(10-15)34-13-32-18)36-25-27-16-7-8-35-22(16)24(30)28(25)11-14-3-5-17-19(9-14)33-12-31-17/h3-10,21H,2,11-13H2,1H3,(H,26,29). The summed E-state index contributed by atoms with van der Waals surface area (Å²) in [5.41, 5.74) is 1.97. The van der Waals surface area contributed by atoms with E-state index in [0.717, 1.165) is 5.56 Å². The van der Waals surface area contributed by atoms with Crippen molar-refractivity contribution in [3.63, 3.8) is 0 Å². The van der Waals surface area contributed by atoms with E-state index in [9.17, 15) is 9.59 Å². The minimum absolute atomic E-state index is 0.138. The van der Waals surface area contributed by atoms with E-state index in [2.05, 4.69) is 5.32 Å². The first-order valence-corrected chi connectivity index (χ1v) is 13.1. The lowest BCUT2D eigenvalue weighted by Crippen LogP contribution is -2.28. The van der Waals surface area contributed by atoms with E-state index in [4.69, 9.17) is 23.9 Å². The van der Waals surface area contributed by atoms with E-state index in [-0.39, 0.29) is 25.1 Å². The second-order valence-corrected chi connectivity index (χ2v) is 10.3. The van der Waals surface area contributed by atoms with Gasteiger partial charge in [0.2, 0.25) is 19.5 Å². The number of ether oxygens (including phenoxy) is 4. The summed E-state index contributed by atoms with van der Waals surface area (Å²) in [4.78, 5) is 31.4. The van der Waals surface area contributed by atoms with E-state index in [1.54, 1.807) is 22.8 Å². The number of carbonyl (C=O) groups is 1. The first-order valence-electron chi connectivity index (χ1n) is 11.3. The number of fused-ring (bicyclic) bond motifs is 3. The summed E-state index contributed by atoms with van der Waals surface area (Å²) >= 11 is 2.64. The number of rotatable bonds is 7. The Morgan fingerprint density at radius 3 is 2.56 bits per heavy atom. The third-order valence-electron chi connectivity index (χ3n) is 5.86. The number of carbonyl (C=O) groups excluding carboxylic acids is 1. The molecule has 1 N–H and O–H groups in total. The zero-order valence-corrected chi connectivity index (χ0v) is 20.8. The van der Waals surface area contributed by atoms with Gasteiger partial charge in [0, 0.05) is 11.8 Å². The normalized spacial score (nSPS) is 14.2. The van der Waals surface area contributed by atoms with Crippen molar-refractivity contribution >= 4 is 44.9 Å². The van der Waals surface area contributed by atoms with Crippen LogP contribution in [-0.4, -0.2) is 34.3 Å². The number of thiophene rings is 1. The van der Waals surface area contributed by atoms with Gasteiger partial charge in [-0.25, -0.2) is 4.98 Å². The molecule has 9 nitrogen and oxygen atoms in total. The zero-order valence-electron chi connectivity index (χ0n) is 19.2. The monoisotopic (exact) mass is 523 g/mol. The molecule has 0 aliphatic carbocycles. The molecule has 4 heterocycles. The summed E-state index contributed by atoms with van der Waals surface area (Å²) in [6, 6.07) is 12.7. The molecule has 0 saturated heterocycles. The van der Waals surface area contributed by atoms with E-state index in [0.29, 0.717) is 57.0 Å². The second kappa shape index (κ2) is 9.40. The maximum absolute atomic E-state index is 13.4. The first-order chi connectivity index (χ1) is 17.6. The zero-order chi connectivity index (χ0) is 24.6. The molecular formula is C25H21N3O6S2. The molecule has 0 fully saturated rings. The maximum atomic E-state index is 13.4. The lowest BCUT2D eigenvalue weighted by molar-refractivity contribution is -0.115. The van der Waals surface area contributed by atoms with Gasteiger partial charge in [0.1, 0.15) is 4.70 Å². The quantitative estimate of drug-likeness (QED) is 0.280. The van der Waals surface area contributed by atoms with Gasteiger partial charge in [-0.2, -0.15) is 0 Å². The van der Waals surface area contributed by atoms with Gasteiger partial charge < -0.3 is 24.3 Å². The van der Waals surface area contributed by atoms with Gasteiger partial charge in [0.15, 0.2) is 28.2 Å². The van der Waals surface area contributed by atoms with Gasteiger partial charge in [-0.15, -0.1) is 11.3 Å². The Bertz CT molecular complexity index is 1530. The smallest absolute Gasteiger partial charge is 0.272 e. The van der Waals surface area contributed by atoms with Crippen molar-refractivity contribution < 1.29 is 23.7 Å². The predicted molar refractivity (Wildman–Crippen MR) is 137 cm³/mol. The van der Waals surface area contributed by atoms with Crippen LogP contribution in [0, 0.1) is 0 Å². The number of hydrogen-bond acceptors (Lipinski definition) is 9. The largest absolute Gasteiger partial charge is 0.454 e. The summed E-state index contributed by atoms with van der Waals surface area (Å²) in [5.74, 6) is 2.38. The number of anilines is 1. The molecule has 2 aliphatic rings. The number of nitrogens with one attached hydrogen (secondary N) is 1. The molecule has 1 unspecified atom stereocenters. The van der Waals surface area contributed by atoms with E-state index in [1.165, 1.54) is 23.1 Å². The molecule has 184 valence electrons. The van der Waals surface area contributed by atoms with Gasteiger partial charge in [-0.05, 0) is 47.7 Å². The first kappa shape index (κ1) is 22.7. The molecule has 36 heavy (non-hydrogen) atoms. The van der Waals surface area contributed by atoms with Crippen LogP contribution in [0.3, 0.4) is 0 Å². The Labute approximate surface area is 214 Å². The third kappa shape index (κ3) is 4.24. The molecule has 0 bridgehead atoms. The van der Waals surface area contributed by atoms with Crippen LogP contribution in [-0.2, 0) is 11.3 Å². The van der Waals surface area contributed by atoms with Gasteiger partial charge in [-0.3, -0.25) is 14.2 Å². The molecule has 0 radical (unpaired) electrons. The highest BCUT2D eigenvalue weighted by Crippen LogP contribution is 2.35. The highest BCUT2D eigenvalue weighted by Gasteiger charge is 2.24. The highest BCUT2D eigenvalue weighted by molar-refractivity contribution is 8.00. The Balaban J connectivity index is 1.29. The van der Waals surface area contributed by atoms with Crippen molar-refractivity contribution in [3.8, 4) is 23.0 Å². The second-order valence-electron chi connectivity index (χ2n) is 8.18. The van der Waals surface area contributed by atoms with Crippen molar-refractivity contribution in [1.82, 2.24) is 9.55 Å². The van der Waals surface area contributed by atoms with Crippen LogP contribution in [0.15, 0.2) is 57.8 Å². The van der Waals surface area contributed by atoms with Gasteiger partial charge >= 0.3 is 0 Å². The molecule has 2 aliphatic heterocycles. The molecule has 0 saturated carbocycles. The van der Waals surface area contributed by atoms with E-state index >= 15 is 0 Å². The lowest BCUT2D eigenvalue weighted by Gasteiger charge is -2.18. The molecule has 6 rings (SSSR count). The molecule has 11 heteroatoms. The van der Waals surface area contributed by atoms with Crippen LogP contribution >= 0.6 is 23.1 Å². The fraction of sp³-hybridized carbons (Fsp3) is 0.240. The lowest BCUT2D eigenvalue weighted by atomic mass is 10.2. The average Bonchev–Trinajstić information content (AvgIpc) is 3.64. The molecular weight excluding hydrogens is 502 g/mol. The van der Waals surface area contributed by atoms with Crippen LogP contribution in [0.4, 0.5) is 5.69 Å². The number of nitrogens with zero attached hydrogens (tertiary/aromatic N) is 2. The molecule has 0 spiro atoms. The van der Waals surface area contributed by atoms with Crippen LogP contribution in [0.1, 0.15) is 18.9 Å². The summed E-state index contributed by atoms with van der Waals surface area (Å²) in [7, 11) is 0. The molecule has 1 amide bonds. The number of benzene rings is 2. The van der Waals surface area contributed by atoms with Crippen molar-refractivity contribution in [3.05, 3.63) is 63.8 Å². The fourth-order valence-corrected chi connectivity index (χ4v) is 5.81. The van der Waals surface area contributed by atoms with Crippen molar-refractivity contribution in [2.45, 2.75) is 30.3 Å². The fourth-order valence-electron chi connectivity index (χ4n) is 4.02. The summed E-state index contributed by atoms with van der Waals surface area (Å²) in [6.07, 6.45) is 0.544. The number of hydrogen-bond donors (Lipinski definition) is 1. The summed E-state index contributed by atoms with van der Waals surface area (Å²) < 4.78 is 23.8. The number of thioether (sulfide) groups is 1. The highest BCUT2D eigenvalue weighted by atomic mass is 32.2. The van der Waals surface area contributed by atoms with E-state index < -0.39 is 5.25 Å². The van der Waals surface area contributed by atoms with E-state index in [1.807, 2.05) is 36.6 Å². The maximum Gasteiger partial charge on any atom is 0.272 e. The summed E-state index contributed by atoms with van der Waals surface area (Å²) in [5, 5.41) is 4.81. The molecule has 2 aromatic carbocycles. The minimum atomic E-state index is -0.471. The molecule has 4 aromatic rings. The third-order valence-corrected chi connectivity index (χ3v) is 8.11. The van der Waals surface area contributed by atoms with Crippen LogP contribution in [0.5, 0.6) is 23.0 Å². The Morgan fingerprint density at radius 2 is 1.78 bits per heavy atom. The Hall–Kier alpha value is -3.70. The van der Waals surface area contributed by atoms with Crippen LogP contribution in [0.2, 0.25) is 0 Å². The van der Waals surface area contributed by atoms with Crippen LogP contribution < -0.4 is 29.8 Å². The number of amides is 1. The summed E-state index contributed by atoms with van der Waals surface area (Å²) in [6.45, 7) is 2.57. The SMILES string of the molecule is CCC(Sc1nc2ccsc2c(=O)n1Cc1ccc2c(c1)OCO2)C(=O)Nc1ccc2c(c1)OCO2. The predicted octanol–water partition coefficient (Wildman–Crippen LogP) is 4.47. The molecule has 2 aromatic heterocycles. The topological polar surface area (TPSA) is 101 Å². The minimum Gasteiger partial charge on any atom is -0.454 e. The van der Waals surface area contributed by atoms with Crippen molar-refractivity contribution in [2.75, 3.05) is 18.9 Å². The van der Waals surface area contributed by atoms with Crippen molar-refractivity contribution in [1.29, 1.82) is 0 Å². The van der Waals surface area contributed by atoms with Gasteiger partial charge in [0.05, 0.1) is 17.3 Å².